The van der Waals surface area contributed by atoms with E-state index in [9.17, 15) is 14.4 Å². The summed E-state index contributed by atoms with van der Waals surface area (Å²) in [5, 5.41) is 2.66. The molecule has 0 bridgehead atoms. The van der Waals surface area contributed by atoms with Gasteiger partial charge in [-0.1, -0.05) is 41.3 Å². The standard InChI is InChI=1S/C18H24BrN3O4/c19-14-7-4-8-15(10-14)20-17(24)11-26-12-18(25)22-21-16(23)9-13-5-2-1-3-6-13/h4,7-8,10,13H,1-3,5-6,9,11-12H2,(H,20,24)(H,21,23)(H,22,25). The third kappa shape index (κ3) is 7.97. The van der Waals surface area contributed by atoms with Crippen LogP contribution >= 0.6 is 15.9 Å². The van der Waals surface area contributed by atoms with Crippen molar-refractivity contribution >= 4 is 39.3 Å². The van der Waals surface area contributed by atoms with Gasteiger partial charge in [-0.25, -0.2) is 0 Å². The first-order valence-electron chi connectivity index (χ1n) is 8.74. The Morgan fingerprint density at radius 1 is 1.00 bits per heavy atom. The number of hydrogen-bond donors (Lipinski definition) is 3. The Hall–Kier alpha value is -1.93. The van der Waals surface area contributed by atoms with Gasteiger partial charge in [-0.15, -0.1) is 0 Å². The van der Waals surface area contributed by atoms with E-state index in [4.69, 9.17) is 4.74 Å². The molecule has 142 valence electrons. The number of carbonyl (C=O) groups is 3. The van der Waals surface area contributed by atoms with E-state index in [1.165, 1.54) is 19.3 Å². The number of ether oxygens (including phenoxy) is 1. The van der Waals surface area contributed by atoms with Crippen LogP contribution in [0.2, 0.25) is 0 Å². The number of halogens is 1. The third-order valence-corrected chi connectivity index (χ3v) is 4.61. The van der Waals surface area contributed by atoms with Crippen LogP contribution in [0, 0.1) is 5.92 Å². The van der Waals surface area contributed by atoms with E-state index < -0.39 is 5.91 Å². The van der Waals surface area contributed by atoms with Crippen LogP contribution in [0.3, 0.4) is 0 Å². The van der Waals surface area contributed by atoms with Gasteiger partial charge < -0.3 is 10.1 Å². The highest BCUT2D eigenvalue weighted by molar-refractivity contribution is 9.10. The summed E-state index contributed by atoms with van der Waals surface area (Å²) in [5.74, 6) is -0.661. The van der Waals surface area contributed by atoms with Crippen LogP contribution in [0.5, 0.6) is 0 Å². The summed E-state index contributed by atoms with van der Waals surface area (Å²) >= 11 is 3.31. The van der Waals surface area contributed by atoms with E-state index in [-0.39, 0.29) is 25.0 Å². The van der Waals surface area contributed by atoms with Crippen LogP contribution in [0.4, 0.5) is 5.69 Å². The van der Waals surface area contributed by atoms with Gasteiger partial charge in [0.05, 0.1) is 0 Å². The number of amides is 3. The number of rotatable bonds is 7. The highest BCUT2D eigenvalue weighted by atomic mass is 79.9. The molecule has 0 spiro atoms. The number of hydrogen-bond acceptors (Lipinski definition) is 4. The number of hydrazine groups is 1. The molecule has 3 amide bonds. The second-order valence-corrected chi connectivity index (χ2v) is 7.27. The largest absolute Gasteiger partial charge is 0.362 e. The Bertz CT molecular complexity index is 633. The van der Waals surface area contributed by atoms with E-state index in [2.05, 4.69) is 32.1 Å². The number of nitrogens with one attached hydrogen (secondary N) is 3. The Balaban J connectivity index is 1.56. The molecular weight excluding hydrogens is 402 g/mol. The van der Waals surface area contributed by atoms with Gasteiger partial charge in [0.25, 0.3) is 5.91 Å². The summed E-state index contributed by atoms with van der Waals surface area (Å²) < 4.78 is 5.90. The van der Waals surface area contributed by atoms with Crippen molar-refractivity contribution < 1.29 is 19.1 Å². The van der Waals surface area contributed by atoms with E-state index in [0.717, 1.165) is 17.3 Å². The summed E-state index contributed by atoms with van der Waals surface area (Å²) in [4.78, 5) is 35.2. The lowest BCUT2D eigenvalue weighted by Gasteiger charge is -2.20. The smallest absolute Gasteiger partial charge is 0.264 e. The molecular formula is C18H24BrN3O4. The highest BCUT2D eigenvalue weighted by Gasteiger charge is 2.17. The zero-order valence-corrected chi connectivity index (χ0v) is 16.1. The minimum absolute atomic E-state index is 0.197. The predicted octanol–water partition coefficient (Wildman–Crippen LogP) is 2.52. The minimum atomic E-state index is -0.503. The first kappa shape index (κ1) is 20.4. The third-order valence-electron chi connectivity index (χ3n) is 4.11. The molecule has 1 saturated carbocycles. The average molecular weight is 426 g/mol. The number of benzene rings is 1. The van der Waals surface area contributed by atoms with E-state index in [1.807, 2.05) is 6.07 Å². The fraction of sp³-hybridized carbons (Fsp3) is 0.500. The Morgan fingerprint density at radius 2 is 1.69 bits per heavy atom. The quantitative estimate of drug-likeness (QED) is 0.584. The number of carbonyl (C=O) groups excluding carboxylic acids is 3. The van der Waals surface area contributed by atoms with Gasteiger partial charge in [0.2, 0.25) is 11.8 Å². The summed E-state index contributed by atoms with van der Waals surface area (Å²) in [5.41, 5.74) is 5.32. The lowest BCUT2D eigenvalue weighted by Crippen LogP contribution is -2.44. The maximum absolute atomic E-state index is 11.8. The van der Waals surface area contributed by atoms with Crippen LogP contribution in [0.1, 0.15) is 38.5 Å². The fourth-order valence-corrected chi connectivity index (χ4v) is 3.28. The molecule has 26 heavy (non-hydrogen) atoms. The SMILES string of the molecule is O=C(COCC(=O)Nc1cccc(Br)c1)NNC(=O)CC1CCCCC1. The fourth-order valence-electron chi connectivity index (χ4n) is 2.88. The molecule has 7 nitrogen and oxygen atoms in total. The molecule has 1 fully saturated rings. The Morgan fingerprint density at radius 3 is 2.42 bits per heavy atom. The monoisotopic (exact) mass is 425 g/mol. The normalized spacial score (nSPS) is 14.5. The van der Waals surface area contributed by atoms with Crippen LogP contribution < -0.4 is 16.2 Å². The lowest BCUT2D eigenvalue weighted by atomic mass is 9.87. The Labute approximate surface area is 161 Å². The van der Waals surface area contributed by atoms with E-state index >= 15 is 0 Å². The molecule has 0 atom stereocenters. The van der Waals surface area contributed by atoms with Crippen molar-refractivity contribution in [2.75, 3.05) is 18.5 Å². The lowest BCUT2D eigenvalue weighted by molar-refractivity contribution is -0.133. The van der Waals surface area contributed by atoms with Crippen molar-refractivity contribution in [3.8, 4) is 0 Å². The zero-order chi connectivity index (χ0) is 18.8. The van der Waals surface area contributed by atoms with Crippen LogP contribution in [0.25, 0.3) is 0 Å². The molecule has 0 radical (unpaired) electrons. The molecule has 0 unspecified atom stereocenters. The Kier molecular flexibility index (Phi) is 8.57. The molecule has 1 aromatic rings. The van der Waals surface area contributed by atoms with Gasteiger partial charge in [-0.3, -0.25) is 25.2 Å². The van der Waals surface area contributed by atoms with Gasteiger partial charge in [-0.2, -0.15) is 0 Å². The number of anilines is 1. The van der Waals surface area contributed by atoms with E-state index in [0.29, 0.717) is 18.0 Å². The molecule has 0 heterocycles. The molecule has 1 aliphatic carbocycles. The summed E-state index contributed by atoms with van der Waals surface area (Å²) in [7, 11) is 0. The molecule has 0 aliphatic heterocycles. The molecule has 3 N–H and O–H groups in total. The highest BCUT2D eigenvalue weighted by Crippen LogP contribution is 2.25. The second-order valence-electron chi connectivity index (χ2n) is 6.36. The van der Waals surface area contributed by atoms with Crippen molar-refractivity contribution in [1.82, 2.24) is 10.9 Å². The van der Waals surface area contributed by atoms with Crippen molar-refractivity contribution in [2.45, 2.75) is 38.5 Å². The first-order valence-corrected chi connectivity index (χ1v) is 9.53. The van der Waals surface area contributed by atoms with Crippen LogP contribution in [-0.4, -0.2) is 30.9 Å². The molecule has 1 aromatic carbocycles. The predicted molar refractivity (Wildman–Crippen MR) is 101 cm³/mol. The van der Waals surface area contributed by atoms with Crippen molar-refractivity contribution in [2.24, 2.45) is 5.92 Å². The van der Waals surface area contributed by atoms with Crippen LogP contribution in [0.15, 0.2) is 28.7 Å². The van der Waals surface area contributed by atoms with Crippen LogP contribution in [-0.2, 0) is 19.1 Å². The maximum Gasteiger partial charge on any atom is 0.264 e. The zero-order valence-electron chi connectivity index (χ0n) is 14.6. The molecule has 1 aliphatic rings. The van der Waals surface area contributed by atoms with Crippen molar-refractivity contribution in [3.05, 3.63) is 28.7 Å². The second kappa shape index (κ2) is 10.9. The first-order chi connectivity index (χ1) is 12.5. The summed E-state index contributed by atoms with van der Waals surface area (Å²) in [6.45, 7) is -0.564. The van der Waals surface area contributed by atoms with Gasteiger partial charge in [0, 0.05) is 16.6 Å². The van der Waals surface area contributed by atoms with Gasteiger partial charge in [0.15, 0.2) is 0 Å². The maximum atomic E-state index is 11.8. The molecule has 0 saturated heterocycles. The summed E-state index contributed by atoms with van der Waals surface area (Å²) in [6.07, 6.45) is 6.13. The molecule has 2 rings (SSSR count). The van der Waals surface area contributed by atoms with E-state index in [1.54, 1.807) is 18.2 Å². The van der Waals surface area contributed by atoms with Gasteiger partial charge in [0.1, 0.15) is 13.2 Å². The average Bonchev–Trinajstić information content (AvgIpc) is 2.61. The topological polar surface area (TPSA) is 96.5 Å². The van der Waals surface area contributed by atoms with Gasteiger partial charge in [-0.05, 0) is 37.0 Å². The minimum Gasteiger partial charge on any atom is -0.362 e. The van der Waals surface area contributed by atoms with Crippen molar-refractivity contribution in [1.29, 1.82) is 0 Å². The molecule has 8 heteroatoms. The van der Waals surface area contributed by atoms with Crippen molar-refractivity contribution in [3.63, 3.8) is 0 Å². The summed E-state index contributed by atoms with van der Waals surface area (Å²) in [6, 6.07) is 7.15. The van der Waals surface area contributed by atoms with Gasteiger partial charge >= 0.3 is 0 Å². The molecule has 0 aromatic heterocycles.